The minimum Gasteiger partial charge on any atom is -0.393 e. The van der Waals surface area contributed by atoms with E-state index in [4.69, 9.17) is 0 Å². The summed E-state index contributed by atoms with van der Waals surface area (Å²) < 4.78 is 0. The van der Waals surface area contributed by atoms with E-state index in [1.165, 1.54) is 25.7 Å². The Labute approximate surface area is 110 Å². The topological polar surface area (TPSA) is 49.3 Å². The van der Waals surface area contributed by atoms with Gasteiger partial charge in [0, 0.05) is 11.5 Å². The van der Waals surface area contributed by atoms with Gasteiger partial charge in [-0.1, -0.05) is 26.7 Å². The fraction of sp³-hybridized carbons (Fsp3) is 0.933. The maximum Gasteiger partial charge on any atom is 0.226 e. The maximum atomic E-state index is 12.4. The van der Waals surface area contributed by atoms with Crippen LogP contribution in [0.4, 0.5) is 0 Å². The van der Waals surface area contributed by atoms with E-state index in [0.717, 1.165) is 25.7 Å². The summed E-state index contributed by atoms with van der Waals surface area (Å²) in [7, 11) is 0. The molecule has 0 aromatic carbocycles. The summed E-state index contributed by atoms with van der Waals surface area (Å²) in [6.45, 7) is 4.19. The summed E-state index contributed by atoms with van der Waals surface area (Å²) in [5.41, 5.74) is -0.230. The van der Waals surface area contributed by atoms with Crippen LogP contribution >= 0.6 is 0 Å². The lowest BCUT2D eigenvalue weighted by Crippen LogP contribution is -2.47. The smallest absolute Gasteiger partial charge is 0.226 e. The number of carbonyl (C=O) groups is 1. The van der Waals surface area contributed by atoms with Crippen molar-refractivity contribution >= 4 is 5.91 Å². The van der Waals surface area contributed by atoms with Gasteiger partial charge in [0.05, 0.1) is 6.10 Å². The van der Waals surface area contributed by atoms with Crippen LogP contribution in [0.1, 0.15) is 65.2 Å². The van der Waals surface area contributed by atoms with Crippen molar-refractivity contribution in [1.29, 1.82) is 0 Å². The van der Waals surface area contributed by atoms with Gasteiger partial charge in [0.25, 0.3) is 0 Å². The Bertz CT molecular complexity index is 287. The first-order chi connectivity index (χ1) is 8.50. The minimum atomic E-state index is -0.230. The predicted octanol–water partition coefficient (Wildman–Crippen LogP) is 2.62. The molecule has 1 amide bonds. The second kappa shape index (κ2) is 5.60. The van der Waals surface area contributed by atoms with Gasteiger partial charge in [-0.2, -0.15) is 0 Å². The van der Waals surface area contributed by atoms with Crippen molar-refractivity contribution in [1.82, 2.24) is 5.32 Å². The Balaban J connectivity index is 1.86. The molecule has 2 N–H and O–H groups in total. The summed E-state index contributed by atoms with van der Waals surface area (Å²) in [6.07, 6.45) is 8.30. The molecule has 0 bridgehead atoms. The van der Waals surface area contributed by atoms with Crippen molar-refractivity contribution in [2.24, 2.45) is 11.3 Å². The van der Waals surface area contributed by atoms with Gasteiger partial charge in [0.2, 0.25) is 5.91 Å². The molecule has 104 valence electrons. The quantitative estimate of drug-likeness (QED) is 0.812. The van der Waals surface area contributed by atoms with Crippen LogP contribution < -0.4 is 5.32 Å². The average Bonchev–Trinajstić information content (AvgIpc) is 2.86. The molecule has 0 radical (unpaired) electrons. The van der Waals surface area contributed by atoms with Crippen molar-refractivity contribution in [3.63, 3.8) is 0 Å². The van der Waals surface area contributed by atoms with E-state index in [9.17, 15) is 9.90 Å². The number of aliphatic hydroxyl groups is 1. The normalized spacial score (nSPS) is 30.4. The molecule has 2 rings (SSSR count). The van der Waals surface area contributed by atoms with E-state index in [-0.39, 0.29) is 23.5 Å². The molecule has 0 atom stereocenters. The van der Waals surface area contributed by atoms with Crippen LogP contribution in [-0.2, 0) is 4.79 Å². The van der Waals surface area contributed by atoms with Crippen LogP contribution in [-0.4, -0.2) is 23.2 Å². The number of rotatable bonds is 3. The zero-order valence-corrected chi connectivity index (χ0v) is 11.7. The number of nitrogens with one attached hydrogen (secondary N) is 1. The molecule has 3 nitrogen and oxygen atoms in total. The lowest BCUT2D eigenvalue weighted by molar-refractivity contribution is -0.133. The Morgan fingerprint density at radius 3 is 2.17 bits per heavy atom. The molecule has 0 saturated heterocycles. The van der Waals surface area contributed by atoms with Crippen LogP contribution in [0.15, 0.2) is 0 Å². The van der Waals surface area contributed by atoms with Gasteiger partial charge in [-0.25, -0.2) is 0 Å². The molecule has 2 aliphatic carbocycles. The summed E-state index contributed by atoms with van der Waals surface area (Å²) >= 11 is 0. The number of carbonyl (C=O) groups excluding carboxylic acids is 1. The molecule has 2 saturated carbocycles. The first-order valence-corrected chi connectivity index (χ1v) is 7.49. The highest BCUT2D eigenvalue weighted by molar-refractivity contribution is 5.82. The van der Waals surface area contributed by atoms with E-state index >= 15 is 0 Å². The molecule has 0 spiro atoms. The molecule has 0 aliphatic heterocycles. The SMILES string of the molecule is CC(C)(C(=O)NC1CCC(O)CC1)C1CCCC1. The minimum absolute atomic E-state index is 0.152. The Morgan fingerprint density at radius 2 is 1.61 bits per heavy atom. The lowest BCUT2D eigenvalue weighted by Gasteiger charge is -2.34. The second-order valence-corrected chi connectivity index (χ2v) is 6.68. The molecule has 0 unspecified atom stereocenters. The number of hydrogen-bond donors (Lipinski definition) is 2. The fourth-order valence-electron chi connectivity index (χ4n) is 3.42. The molecular weight excluding hydrogens is 226 g/mol. The van der Waals surface area contributed by atoms with Crippen LogP contribution in [0.2, 0.25) is 0 Å². The monoisotopic (exact) mass is 253 g/mol. The highest BCUT2D eigenvalue weighted by atomic mass is 16.3. The van der Waals surface area contributed by atoms with E-state index in [1.807, 2.05) is 0 Å². The predicted molar refractivity (Wildman–Crippen MR) is 72.1 cm³/mol. The van der Waals surface area contributed by atoms with Gasteiger partial charge in [0.15, 0.2) is 0 Å². The van der Waals surface area contributed by atoms with Crippen molar-refractivity contribution in [2.45, 2.75) is 77.4 Å². The number of aliphatic hydroxyl groups excluding tert-OH is 1. The summed E-state index contributed by atoms with van der Waals surface area (Å²) in [6, 6.07) is 0.279. The van der Waals surface area contributed by atoms with Gasteiger partial charge < -0.3 is 10.4 Å². The first kappa shape index (κ1) is 13.9. The highest BCUT2D eigenvalue weighted by Crippen LogP contribution is 2.39. The Kier molecular flexibility index (Phi) is 4.31. The largest absolute Gasteiger partial charge is 0.393 e. The van der Waals surface area contributed by atoms with Crippen LogP contribution in [0, 0.1) is 11.3 Å². The molecule has 0 aromatic rings. The first-order valence-electron chi connectivity index (χ1n) is 7.49. The van der Waals surface area contributed by atoms with E-state index < -0.39 is 0 Å². The van der Waals surface area contributed by atoms with Gasteiger partial charge in [0.1, 0.15) is 0 Å². The Hall–Kier alpha value is -0.570. The third kappa shape index (κ3) is 3.05. The van der Waals surface area contributed by atoms with Crippen molar-refractivity contribution in [3.8, 4) is 0 Å². The summed E-state index contributed by atoms with van der Waals surface area (Å²) in [5, 5.41) is 12.7. The molecular formula is C15H27NO2. The standard InChI is InChI=1S/C15H27NO2/c1-15(2,11-5-3-4-6-11)14(18)16-12-7-9-13(17)10-8-12/h11-13,17H,3-10H2,1-2H3,(H,16,18). The van der Waals surface area contributed by atoms with Crippen molar-refractivity contribution in [3.05, 3.63) is 0 Å². The zero-order valence-electron chi connectivity index (χ0n) is 11.7. The van der Waals surface area contributed by atoms with E-state index in [1.54, 1.807) is 0 Å². The van der Waals surface area contributed by atoms with E-state index in [2.05, 4.69) is 19.2 Å². The van der Waals surface area contributed by atoms with E-state index in [0.29, 0.717) is 5.92 Å². The lowest BCUT2D eigenvalue weighted by atomic mass is 9.76. The second-order valence-electron chi connectivity index (χ2n) is 6.68. The molecule has 0 heterocycles. The average molecular weight is 253 g/mol. The van der Waals surface area contributed by atoms with Crippen LogP contribution in [0.5, 0.6) is 0 Å². The zero-order chi connectivity index (χ0) is 13.2. The number of hydrogen-bond acceptors (Lipinski definition) is 2. The molecule has 18 heavy (non-hydrogen) atoms. The summed E-state index contributed by atoms with van der Waals surface area (Å²) in [4.78, 5) is 12.4. The van der Waals surface area contributed by atoms with Gasteiger partial charge in [-0.3, -0.25) is 4.79 Å². The molecule has 3 heteroatoms. The van der Waals surface area contributed by atoms with Gasteiger partial charge >= 0.3 is 0 Å². The molecule has 2 aliphatic rings. The van der Waals surface area contributed by atoms with Crippen molar-refractivity contribution in [2.75, 3.05) is 0 Å². The third-order valence-corrected chi connectivity index (χ3v) is 4.99. The molecule has 2 fully saturated rings. The van der Waals surface area contributed by atoms with Crippen LogP contribution in [0.3, 0.4) is 0 Å². The third-order valence-electron chi connectivity index (χ3n) is 4.99. The van der Waals surface area contributed by atoms with Crippen LogP contribution in [0.25, 0.3) is 0 Å². The van der Waals surface area contributed by atoms with Gasteiger partial charge in [-0.05, 0) is 44.4 Å². The van der Waals surface area contributed by atoms with Gasteiger partial charge in [-0.15, -0.1) is 0 Å². The maximum absolute atomic E-state index is 12.4. The Morgan fingerprint density at radius 1 is 1.06 bits per heavy atom. The molecule has 0 aromatic heterocycles. The fourth-order valence-corrected chi connectivity index (χ4v) is 3.42. The number of amides is 1. The highest BCUT2D eigenvalue weighted by Gasteiger charge is 2.39. The summed E-state index contributed by atoms with van der Waals surface area (Å²) in [5.74, 6) is 0.766. The van der Waals surface area contributed by atoms with Crippen molar-refractivity contribution < 1.29 is 9.90 Å².